The van der Waals surface area contributed by atoms with Gasteiger partial charge in [-0.2, -0.15) is 0 Å². The van der Waals surface area contributed by atoms with Crippen molar-refractivity contribution < 1.29 is 14.3 Å². The number of anilines is 1. The van der Waals surface area contributed by atoms with Gasteiger partial charge in [0, 0.05) is 27.7 Å². The number of ketones is 1. The molecule has 0 unspecified atom stereocenters. The summed E-state index contributed by atoms with van der Waals surface area (Å²) in [5.74, 6) is -0.958. The molecule has 2 aromatic rings. The van der Waals surface area contributed by atoms with Crippen LogP contribution in [0.15, 0.2) is 65.1 Å². The van der Waals surface area contributed by atoms with Crippen molar-refractivity contribution in [2.45, 2.75) is 32.1 Å². The Balaban J connectivity index is 2.03. The highest BCUT2D eigenvalue weighted by Gasteiger charge is 2.43. The molecule has 0 bridgehead atoms. The molecule has 2 aromatic carbocycles. The SMILES string of the molecule is COC(=O)C1=C(N)N(c2cccc(Cl)c2C)C2=C(C(=O)CCC2)[C@@H]1c1ccc(Cl)cc1. The van der Waals surface area contributed by atoms with Crippen molar-refractivity contribution in [3.05, 3.63) is 86.3 Å². The average molecular weight is 457 g/mol. The lowest BCUT2D eigenvalue weighted by Crippen LogP contribution is -2.41. The van der Waals surface area contributed by atoms with E-state index in [2.05, 4.69) is 0 Å². The highest BCUT2D eigenvalue weighted by Crippen LogP contribution is 2.47. The van der Waals surface area contributed by atoms with Crippen molar-refractivity contribution in [2.24, 2.45) is 5.73 Å². The number of allylic oxidation sites excluding steroid dienone is 2. The van der Waals surface area contributed by atoms with Crippen LogP contribution >= 0.6 is 23.2 Å². The first-order chi connectivity index (χ1) is 14.8. The highest BCUT2D eigenvalue weighted by atomic mass is 35.5. The van der Waals surface area contributed by atoms with E-state index in [4.69, 9.17) is 33.7 Å². The Morgan fingerprint density at radius 1 is 1.13 bits per heavy atom. The van der Waals surface area contributed by atoms with Crippen molar-refractivity contribution in [3.63, 3.8) is 0 Å². The number of rotatable bonds is 3. The van der Waals surface area contributed by atoms with E-state index in [0.717, 1.165) is 22.5 Å². The van der Waals surface area contributed by atoms with Crippen LogP contribution < -0.4 is 10.6 Å². The number of nitrogens with two attached hydrogens (primary N) is 1. The third-order valence-electron chi connectivity index (χ3n) is 5.88. The molecule has 7 heteroatoms. The van der Waals surface area contributed by atoms with E-state index in [9.17, 15) is 9.59 Å². The zero-order chi connectivity index (χ0) is 22.3. The van der Waals surface area contributed by atoms with Crippen LogP contribution in [-0.2, 0) is 14.3 Å². The van der Waals surface area contributed by atoms with Gasteiger partial charge in [0.05, 0.1) is 24.3 Å². The van der Waals surface area contributed by atoms with Gasteiger partial charge in [0.25, 0.3) is 0 Å². The minimum atomic E-state index is -0.622. The maximum Gasteiger partial charge on any atom is 0.338 e. The van der Waals surface area contributed by atoms with Crippen molar-refractivity contribution in [1.29, 1.82) is 0 Å². The monoisotopic (exact) mass is 456 g/mol. The third kappa shape index (κ3) is 3.62. The van der Waals surface area contributed by atoms with Crippen LogP contribution in [0.1, 0.15) is 36.3 Å². The molecule has 1 atom stereocenters. The number of benzene rings is 2. The minimum Gasteiger partial charge on any atom is -0.466 e. The lowest BCUT2D eigenvalue weighted by molar-refractivity contribution is -0.136. The number of carbonyl (C=O) groups is 2. The molecular formula is C24H22Cl2N2O3. The van der Waals surface area contributed by atoms with E-state index >= 15 is 0 Å². The van der Waals surface area contributed by atoms with Gasteiger partial charge in [-0.05, 0) is 55.2 Å². The first-order valence-electron chi connectivity index (χ1n) is 10.00. The van der Waals surface area contributed by atoms with E-state index in [1.54, 1.807) is 23.1 Å². The van der Waals surface area contributed by atoms with E-state index in [1.165, 1.54) is 7.11 Å². The lowest BCUT2D eigenvalue weighted by atomic mass is 9.75. The number of Topliss-reactive ketones (excluding diaryl/α,β-unsaturated/α-hetero) is 1. The van der Waals surface area contributed by atoms with Crippen molar-refractivity contribution >= 4 is 40.6 Å². The largest absolute Gasteiger partial charge is 0.466 e. The number of methoxy groups -OCH3 is 1. The number of carbonyl (C=O) groups excluding carboxylic acids is 2. The summed E-state index contributed by atoms with van der Waals surface area (Å²) in [4.78, 5) is 28.0. The molecule has 1 heterocycles. The molecule has 160 valence electrons. The van der Waals surface area contributed by atoms with Crippen molar-refractivity contribution in [3.8, 4) is 0 Å². The van der Waals surface area contributed by atoms with Gasteiger partial charge in [-0.15, -0.1) is 0 Å². The van der Waals surface area contributed by atoms with Gasteiger partial charge in [0.2, 0.25) is 0 Å². The quantitative estimate of drug-likeness (QED) is 0.637. The van der Waals surface area contributed by atoms with Gasteiger partial charge < -0.3 is 10.5 Å². The Labute approximate surface area is 191 Å². The Morgan fingerprint density at radius 3 is 2.52 bits per heavy atom. The first-order valence-corrected chi connectivity index (χ1v) is 10.8. The van der Waals surface area contributed by atoms with Crippen LogP contribution in [0.4, 0.5) is 5.69 Å². The Morgan fingerprint density at radius 2 is 1.84 bits per heavy atom. The molecule has 0 fully saturated rings. The number of esters is 1. The molecule has 1 aliphatic heterocycles. The summed E-state index contributed by atoms with van der Waals surface area (Å²) in [6.45, 7) is 1.89. The molecule has 4 rings (SSSR count). The van der Waals surface area contributed by atoms with Gasteiger partial charge in [0.15, 0.2) is 5.78 Å². The van der Waals surface area contributed by atoms with Crippen molar-refractivity contribution in [1.82, 2.24) is 0 Å². The minimum absolute atomic E-state index is 0.000200. The van der Waals surface area contributed by atoms with E-state index in [0.29, 0.717) is 34.9 Å². The molecule has 2 aliphatic rings. The van der Waals surface area contributed by atoms with Crippen LogP contribution in [0.25, 0.3) is 0 Å². The molecule has 1 aliphatic carbocycles. The topological polar surface area (TPSA) is 72.6 Å². The maximum absolute atomic E-state index is 13.2. The number of halogens is 2. The number of hydrogen-bond acceptors (Lipinski definition) is 5. The second kappa shape index (κ2) is 8.40. The number of hydrogen-bond donors (Lipinski definition) is 1. The summed E-state index contributed by atoms with van der Waals surface area (Å²) in [5.41, 5.74) is 10.6. The molecule has 0 spiro atoms. The van der Waals surface area contributed by atoms with Crippen molar-refractivity contribution in [2.75, 3.05) is 12.0 Å². The summed E-state index contributed by atoms with van der Waals surface area (Å²) in [6, 6.07) is 12.6. The third-order valence-corrected chi connectivity index (χ3v) is 6.54. The standard InChI is InChI=1S/C24H22Cl2N2O3/c1-13-16(26)5-3-6-17(13)28-18-7-4-8-19(29)21(18)20(14-9-11-15(25)12-10-14)22(23(28)27)24(30)31-2/h3,5-6,9-12,20H,4,7-8,27H2,1-2H3/t20-/m0/s1. The zero-order valence-electron chi connectivity index (χ0n) is 17.2. The summed E-state index contributed by atoms with van der Waals surface area (Å²) in [6.07, 6.45) is 1.79. The van der Waals surface area contributed by atoms with E-state index in [1.807, 2.05) is 31.2 Å². The van der Waals surface area contributed by atoms with Gasteiger partial charge in [-0.1, -0.05) is 41.4 Å². The van der Waals surface area contributed by atoms with Crippen LogP contribution in [0.5, 0.6) is 0 Å². The second-order valence-electron chi connectivity index (χ2n) is 7.63. The second-order valence-corrected chi connectivity index (χ2v) is 8.48. The molecule has 5 nitrogen and oxygen atoms in total. The van der Waals surface area contributed by atoms with Crippen LogP contribution in [0.2, 0.25) is 10.0 Å². The molecule has 0 radical (unpaired) electrons. The molecule has 0 saturated heterocycles. The van der Waals surface area contributed by atoms with E-state index < -0.39 is 11.9 Å². The molecule has 0 aromatic heterocycles. The first kappa shape index (κ1) is 21.5. The molecule has 0 saturated carbocycles. The average Bonchev–Trinajstić information content (AvgIpc) is 2.76. The van der Waals surface area contributed by atoms with Gasteiger partial charge >= 0.3 is 5.97 Å². The maximum atomic E-state index is 13.2. The number of nitrogens with zero attached hydrogens (tertiary/aromatic N) is 1. The summed E-state index contributed by atoms with van der Waals surface area (Å²) < 4.78 is 5.10. The Kier molecular flexibility index (Phi) is 5.82. The normalized spacial score (nSPS) is 18.9. The number of ether oxygens (including phenoxy) is 1. The van der Waals surface area contributed by atoms with Gasteiger partial charge in [-0.3, -0.25) is 9.69 Å². The fourth-order valence-electron chi connectivity index (χ4n) is 4.40. The molecule has 2 N–H and O–H groups in total. The molecule has 0 amide bonds. The fourth-order valence-corrected chi connectivity index (χ4v) is 4.69. The summed E-state index contributed by atoms with van der Waals surface area (Å²) in [7, 11) is 1.31. The van der Waals surface area contributed by atoms with Gasteiger partial charge in [-0.25, -0.2) is 4.79 Å². The fraction of sp³-hybridized carbons (Fsp3) is 0.250. The summed E-state index contributed by atoms with van der Waals surface area (Å²) in [5, 5.41) is 1.14. The summed E-state index contributed by atoms with van der Waals surface area (Å²) >= 11 is 12.5. The molecular weight excluding hydrogens is 435 g/mol. The van der Waals surface area contributed by atoms with E-state index in [-0.39, 0.29) is 17.2 Å². The Hall–Kier alpha value is -2.76. The van der Waals surface area contributed by atoms with Crippen LogP contribution in [0.3, 0.4) is 0 Å². The van der Waals surface area contributed by atoms with Crippen LogP contribution in [0, 0.1) is 6.92 Å². The van der Waals surface area contributed by atoms with Gasteiger partial charge in [0.1, 0.15) is 5.82 Å². The lowest BCUT2D eigenvalue weighted by Gasteiger charge is -2.41. The van der Waals surface area contributed by atoms with Crippen LogP contribution in [-0.4, -0.2) is 18.9 Å². The smallest absolute Gasteiger partial charge is 0.338 e. The zero-order valence-corrected chi connectivity index (χ0v) is 18.8. The highest BCUT2D eigenvalue weighted by molar-refractivity contribution is 6.31. The molecule has 31 heavy (non-hydrogen) atoms. The Bertz CT molecular complexity index is 1140. The predicted molar refractivity (Wildman–Crippen MR) is 122 cm³/mol. The predicted octanol–water partition coefficient (Wildman–Crippen LogP) is 5.26.